The van der Waals surface area contributed by atoms with Gasteiger partial charge in [-0.2, -0.15) is 0 Å². The van der Waals surface area contributed by atoms with E-state index in [2.05, 4.69) is 5.32 Å². The molecule has 6 heteroatoms. The quantitative estimate of drug-likeness (QED) is 0.649. The first-order valence-electron chi connectivity index (χ1n) is 7.89. The molecule has 0 aliphatic rings. The molecule has 2 aromatic carbocycles. The molecule has 4 nitrogen and oxygen atoms in total. The predicted octanol–water partition coefficient (Wildman–Crippen LogP) is 5.54. The molecule has 0 atom stereocenters. The third-order valence-electron chi connectivity index (χ3n) is 4.22. The minimum absolute atomic E-state index is 0.187. The van der Waals surface area contributed by atoms with E-state index in [4.69, 9.17) is 27.9 Å². The molecule has 0 bridgehead atoms. The molecule has 3 aromatic rings. The highest BCUT2D eigenvalue weighted by molar-refractivity contribution is 6.32. The number of anilines is 1. The molecule has 1 N–H and O–H groups in total. The van der Waals surface area contributed by atoms with E-state index in [0.29, 0.717) is 33.7 Å². The number of aromatic nitrogens is 1. The maximum Gasteiger partial charge on any atom is 0.272 e. The van der Waals surface area contributed by atoms with Crippen molar-refractivity contribution >= 4 is 45.7 Å². The van der Waals surface area contributed by atoms with Gasteiger partial charge in [0.25, 0.3) is 5.91 Å². The summed E-state index contributed by atoms with van der Waals surface area (Å²) in [7, 11) is 1.55. The van der Waals surface area contributed by atoms with Crippen molar-refractivity contribution in [2.24, 2.45) is 0 Å². The zero-order valence-corrected chi connectivity index (χ0v) is 15.7. The fourth-order valence-electron chi connectivity index (χ4n) is 3.05. The van der Waals surface area contributed by atoms with Crippen LogP contribution in [0.3, 0.4) is 0 Å². The van der Waals surface area contributed by atoms with E-state index in [0.717, 1.165) is 16.5 Å². The Kier molecular flexibility index (Phi) is 4.93. The van der Waals surface area contributed by atoms with E-state index >= 15 is 0 Å². The Hall–Kier alpha value is -2.17. The molecule has 0 unspecified atom stereocenters. The molecule has 0 radical (unpaired) electrons. The largest absolute Gasteiger partial charge is 0.495 e. The second-order valence-electron chi connectivity index (χ2n) is 5.68. The molecule has 0 saturated heterocycles. The molecule has 0 saturated carbocycles. The second-order valence-corrected chi connectivity index (χ2v) is 6.53. The van der Waals surface area contributed by atoms with Crippen LogP contribution in [0.5, 0.6) is 5.75 Å². The number of amides is 1. The van der Waals surface area contributed by atoms with Gasteiger partial charge in [-0.1, -0.05) is 23.2 Å². The van der Waals surface area contributed by atoms with Crippen LogP contribution in [0.4, 0.5) is 5.69 Å². The lowest BCUT2D eigenvalue weighted by Crippen LogP contribution is -2.17. The molecule has 1 heterocycles. The number of fused-ring (bicyclic) bond motifs is 1. The predicted molar refractivity (Wildman–Crippen MR) is 103 cm³/mol. The van der Waals surface area contributed by atoms with Gasteiger partial charge in [-0.3, -0.25) is 4.79 Å². The monoisotopic (exact) mass is 376 g/mol. The lowest BCUT2D eigenvalue weighted by atomic mass is 10.1. The zero-order valence-electron chi connectivity index (χ0n) is 14.2. The number of halogens is 2. The molecule has 0 fully saturated rings. The Bertz CT molecular complexity index is 964. The van der Waals surface area contributed by atoms with Crippen molar-refractivity contribution in [1.82, 2.24) is 4.57 Å². The van der Waals surface area contributed by atoms with E-state index in [1.54, 1.807) is 25.3 Å². The SMILES string of the molecule is CCn1c(C(=O)Nc2ccc(OC)c(Cl)c2)c(C)c2cc(Cl)ccc21. The van der Waals surface area contributed by atoms with Crippen molar-refractivity contribution < 1.29 is 9.53 Å². The highest BCUT2D eigenvalue weighted by Crippen LogP contribution is 2.30. The van der Waals surface area contributed by atoms with E-state index in [1.165, 1.54) is 0 Å². The molecule has 0 aliphatic carbocycles. The topological polar surface area (TPSA) is 43.3 Å². The van der Waals surface area contributed by atoms with Crippen LogP contribution in [0.15, 0.2) is 36.4 Å². The Labute approximate surface area is 156 Å². The minimum atomic E-state index is -0.187. The van der Waals surface area contributed by atoms with Crippen molar-refractivity contribution in [3.63, 3.8) is 0 Å². The summed E-state index contributed by atoms with van der Waals surface area (Å²) in [5.74, 6) is 0.376. The molecule has 1 amide bonds. The molecule has 1 aromatic heterocycles. The number of nitrogens with zero attached hydrogens (tertiary/aromatic N) is 1. The van der Waals surface area contributed by atoms with Gasteiger partial charge in [-0.15, -0.1) is 0 Å². The van der Waals surface area contributed by atoms with E-state index in [1.807, 2.05) is 36.6 Å². The summed E-state index contributed by atoms with van der Waals surface area (Å²) in [4.78, 5) is 12.9. The van der Waals surface area contributed by atoms with Gasteiger partial charge < -0.3 is 14.6 Å². The molecular weight excluding hydrogens is 359 g/mol. The standard InChI is InChI=1S/C19H18Cl2N2O2/c1-4-23-16-7-5-12(20)9-14(16)11(2)18(23)19(24)22-13-6-8-17(25-3)15(21)10-13/h5-10H,4H2,1-3H3,(H,22,24). The Balaban J connectivity index is 2.02. The van der Waals surface area contributed by atoms with Gasteiger partial charge in [0, 0.05) is 28.2 Å². The van der Waals surface area contributed by atoms with Crippen LogP contribution in [-0.4, -0.2) is 17.6 Å². The van der Waals surface area contributed by atoms with Crippen molar-refractivity contribution in [3.8, 4) is 5.75 Å². The van der Waals surface area contributed by atoms with E-state index < -0.39 is 0 Å². The van der Waals surface area contributed by atoms with Gasteiger partial charge >= 0.3 is 0 Å². The summed E-state index contributed by atoms with van der Waals surface area (Å²) < 4.78 is 7.12. The lowest BCUT2D eigenvalue weighted by Gasteiger charge is -2.11. The smallest absolute Gasteiger partial charge is 0.272 e. The van der Waals surface area contributed by atoms with Gasteiger partial charge in [0.2, 0.25) is 0 Å². The van der Waals surface area contributed by atoms with Gasteiger partial charge in [-0.25, -0.2) is 0 Å². The first-order chi connectivity index (χ1) is 12.0. The summed E-state index contributed by atoms with van der Waals surface area (Å²) in [5.41, 5.74) is 3.12. The van der Waals surface area contributed by atoms with Gasteiger partial charge in [0.1, 0.15) is 11.4 Å². The highest BCUT2D eigenvalue weighted by atomic mass is 35.5. The van der Waals surface area contributed by atoms with Crippen LogP contribution in [0, 0.1) is 6.92 Å². The molecule has 0 spiro atoms. The van der Waals surface area contributed by atoms with E-state index in [-0.39, 0.29) is 5.91 Å². The number of aryl methyl sites for hydroxylation is 2. The number of nitrogens with one attached hydrogen (secondary N) is 1. The first-order valence-corrected chi connectivity index (χ1v) is 8.65. The summed E-state index contributed by atoms with van der Waals surface area (Å²) in [6.07, 6.45) is 0. The average molecular weight is 377 g/mol. The maximum absolute atomic E-state index is 12.9. The molecule has 130 valence electrons. The van der Waals surface area contributed by atoms with Crippen molar-refractivity contribution in [1.29, 1.82) is 0 Å². The fourth-order valence-corrected chi connectivity index (χ4v) is 3.48. The highest BCUT2D eigenvalue weighted by Gasteiger charge is 2.20. The Morgan fingerprint density at radius 2 is 1.96 bits per heavy atom. The van der Waals surface area contributed by atoms with Crippen LogP contribution in [0.1, 0.15) is 23.0 Å². The normalized spacial score (nSPS) is 10.9. The van der Waals surface area contributed by atoms with Crippen molar-refractivity contribution in [3.05, 3.63) is 57.7 Å². The van der Waals surface area contributed by atoms with Gasteiger partial charge in [0.05, 0.1) is 12.1 Å². The van der Waals surface area contributed by atoms with Crippen LogP contribution in [0.2, 0.25) is 10.0 Å². The molecule has 0 aliphatic heterocycles. The first kappa shape index (κ1) is 17.6. The maximum atomic E-state index is 12.9. The number of carbonyl (C=O) groups is 1. The van der Waals surface area contributed by atoms with Gasteiger partial charge in [0.15, 0.2) is 0 Å². The van der Waals surface area contributed by atoms with Crippen LogP contribution in [0.25, 0.3) is 10.9 Å². The second kappa shape index (κ2) is 6.98. The van der Waals surface area contributed by atoms with Gasteiger partial charge in [-0.05, 0) is 55.8 Å². The number of hydrogen-bond donors (Lipinski definition) is 1. The fraction of sp³-hybridized carbons (Fsp3) is 0.211. The molecule has 25 heavy (non-hydrogen) atoms. The average Bonchev–Trinajstić information content (AvgIpc) is 2.86. The van der Waals surface area contributed by atoms with Crippen LogP contribution in [-0.2, 0) is 6.54 Å². The number of rotatable bonds is 4. The number of ether oxygens (including phenoxy) is 1. The van der Waals surface area contributed by atoms with Crippen molar-refractivity contribution in [2.75, 3.05) is 12.4 Å². The number of benzene rings is 2. The Morgan fingerprint density at radius 3 is 2.60 bits per heavy atom. The number of methoxy groups -OCH3 is 1. The third-order valence-corrected chi connectivity index (χ3v) is 4.75. The third kappa shape index (κ3) is 3.20. The lowest BCUT2D eigenvalue weighted by molar-refractivity contribution is 0.101. The molecular formula is C19H18Cl2N2O2. The van der Waals surface area contributed by atoms with E-state index in [9.17, 15) is 4.79 Å². The summed E-state index contributed by atoms with van der Waals surface area (Å²) >= 11 is 12.2. The number of carbonyl (C=O) groups excluding carboxylic acids is 1. The summed E-state index contributed by atoms with van der Waals surface area (Å²) in [6.45, 7) is 4.62. The minimum Gasteiger partial charge on any atom is -0.495 e. The van der Waals surface area contributed by atoms with Crippen LogP contribution < -0.4 is 10.1 Å². The number of hydrogen-bond acceptors (Lipinski definition) is 2. The van der Waals surface area contributed by atoms with Crippen LogP contribution >= 0.6 is 23.2 Å². The molecule has 3 rings (SSSR count). The summed E-state index contributed by atoms with van der Waals surface area (Å²) in [6, 6.07) is 10.8. The Morgan fingerprint density at radius 1 is 1.20 bits per heavy atom. The zero-order chi connectivity index (χ0) is 18.1. The summed E-state index contributed by atoms with van der Waals surface area (Å²) in [5, 5.41) is 4.98. The van der Waals surface area contributed by atoms with Crippen molar-refractivity contribution in [2.45, 2.75) is 20.4 Å².